The third-order valence-electron chi connectivity index (χ3n) is 2.38. The van der Waals surface area contributed by atoms with Crippen LogP contribution >= 0.6 is 12.6 Å². The lowest BCUT2D eigenvalue weighted by atomic mass is 9.96. The minimum absolute atomic E-state index is 0.207. The first-order chi connectivity index (χ1) is 6.03. The SMILES string of the molecule is CC(S)C(=O)OC1(C)CCC[NH2+]C1. The summed E-state index contributed by atoms with van der Waals surface area (Å²) < 4.78 is 5.39. The number of thiol groups is 1. The van der Waals surface area contributed by atoms with Crippen LogP contribution in [0.2, 0.25) is 0 Å². The fourth-order valence-electron chi connectivity index (χ4n) is 1.55. The van der Waals surface area contributed by atoms with Crippen LogP contribution in [0.5, 0.6) is 0 Å². The van der Waals surface area contributed by atoms with Crippen LogP contribution in [-0.2, 0) is 9.53 Å². The highest BCUT2D eigenvalue weighted by molar-refractivity contribution is 7.81. The van der Waals surface area contributed by atoms with Crippen molar-refractivity contribution in [3.05, 3.63) is 0 Å². The Morgan fingerprint density at radius 2 is 2.38 bits per heavy atom. The van der Waals surface area contributed by atoms with Crippen molar-refractivity contribution in [3.8, 4) is 0 Å². The van der Waals surface area contributed by atoms with E-state index in [1.165, 1.54) is 0 Å². The minimum atomic E-state index is -0.321. The summed E-state index contributed by atoms with van der Waals surface area (Å²) in [6.07, 6.45) is 2.08. The van der Waals surface area contributed by atoms with Gasteiger partial charge in [0.25, 0.3) is 0 Å². The molecule has 0 aromatic rings. The van der Waals surface area contributed by atoms with E-state index in [9.17, 15) is 4.79 Å². The molecule has 3 nitrogen and oxygen atoms in total. The molecule has 0 bridgehead atoms. The summed E-state index contributed by atoms with van der Waals surface area (Å²) >= 11 is 4.05. The van der Waals surface area contributed by atoms with Crippen LogP contribution in [0.3, 0.4) is 0 Å². The average molecular weight is 204 g/mol. The second-order valence-corrected chi connectivity index (χ2v) is 4.71. The largest absolute Gasteiger partial charge is 0.453 e. The van der Waals surface area contributed by atoms with Crippen molar-refractivity contribution in [2.24, 2.45) is 0 Å². The normalized spacial score (nSPS) is 31.0. The highest BCUT2D eigenvalue weighted by Gasteiger charge is 2.34. The molecule has 0 aromatic heterocycles. The van der Waals surface area contributed by atoms with E-state index in [1.807, 2.05) is 6.92 Å². The molecule has 1 rings (SSSR count). The predicted octanol–water partition coefficient (Wildman–Crippen LogP) is -0.0362. The summed E-state index contributed by atoms with van der Waals surface area (Å²) in [5, 5.41) is 1.87. The molecule has 0 radical (unpaired) electrons. The van der Waals surface area contributed by atoms with E-state index in [0.717, 1.165) is 25.9 Å². The first kappa shape index (κ1) is 10.9. The number of carbonyl (C=O) groups excluding carboxylic acids is 1. The van der Waals surface area contributed by atoms with E-state index in [-0.39, 0.29) is 16.8 Å². The van der Waals surface area contributed by atoms with Gasteiger partial charge in [-0.2, -0.15) is 12.6 Å². The summed E-state index contributed by atoms with van der Waals surface area (Å²) in [5.41, 5.74) is -0.272. The lowest BCUT2D eigenvalue weighted by Gasteiger charge is -2.31. The molecule has 76 valence electrons. The molecule has 0 amide bonds. The zero-order valence-electron chi connectivity index (χ0n) is 8.25. The molecule has 4 heteroatoms. The second-order valence-electron chi connectivity index (χ2n) is 3.93. The van der Waals surface area contributed by atoms with Crippen molar-refractivity contribution in [2.75, 3.05) is 13.1 Å². The third-order valence-corrected chi connectivity index (χ3v) is 2.59. The van der Waals surface area contributed by atoms with Crippen LogP contribution in [0, 0.1) is 0 Å². The van der Waals surface area contributed by atoms with E-state index in [4.69, 9.17) is 4.74 Å². The molecule has 0 aromatic carbocycles. The first-order valence-corrected chi connectivity index (χ1v) is 5.28. The van der Waals surface area contributed by atoms with Crippen molar-refractivity contribution in [3.63, 3.8) is 0 Å². The summed E-state index contributed by atoms with van der Waals surface area (Å²) in [5.74, 6) is -0.207. The van der Waals surface area contributed by atoms with Gasteiger partial charge in [0.15, 0.2) is 5.60 Å². The molecule has 2 N–H and O–H groups in total. The second kappa shape index (κ2) is 4.33. The number of esters is 1. The fraction of sp³-hybridized carbons (Fsp3) is 0.889. The predicted molar refractivity (Wildman–Crippen MR) is 53.8 cm³/mol. The molecule has 2 atom stereocenters. The van der Waals surface area contributed by atoms with E-state index >= 15 is 0 Å². The number of quaternary nitrogens is 1. The fourth-order valence-corrected chi connectivity index (χ4v) is 1.60. The van der Waals surface area contributed by atoms with Gasteiger partial charge in [0.2, 0.25) is 0 Å². The molecule has 0 spiro atoms. The maximum Gasteiger partial charge on any atom is 0.319 e. The highest BCUT2D eigenvalue weighted by atomic mass is 32.1. The lowest BCUT2D eigenvalue weighted by molar-refractivity contribution is -0.675. The number of hydrogen-bond donors (Lipinski definition) is 2. The summed E-state index contributed by atoms with van der Waals surface area (Å²) in [7, 11) is 0. The van der Waals surface area contributed by atoms with Crippen LogP contribution in [0.4, 0.5) is 0 Å². The average Bonchev–Trinajstić information content (AvgIpc) is 2.04. The van der Waals surface area contributed by atoms with E-state index in [1.54, 1.807) is 6.92 Å². The van der Waals surface area contributed by atoms with Crippen molar-refractivity contribution < 1.29 is 14.8 Å². The molecular formula is C9H18NO2S+. The van der Waals surface area contributed by atoms with E-state index < -0.39 is 0 Å². The molecule has 1 fully saturated rings. The lowest BCUT2D eigenvalue weighted by Crippen LogP contribution is -2.90. The van der Waals surface area contributed by atoms with Gasteiger partial charge in [-0.15, -0.1) is 0 Å². The Labute approximate surface area is 84.6 Å². The molecule has 0 aliphatic carbocycles. The topological polar surface area (TPSA) is 42.9 Å². The van der Waals surface area contributed by atoms with Gasteiger partial charge < -0.3 is 10.1 Å². The monoisotopic (exact) mass is 204 g/mol. The van der Waals surface area contributed by atoms with Gasteiger partial charge in [-0.25, -0.2) is 0 Å². The van der Waals surface area contributed by atoms with Gasteiger partial charge >= 0.3 is 5.97 Å². The van der Waals surface area contributed by atoms with Gasteiger partial charge in [-0.1, -0.05) is 0 Å². The third kappa shape index (κ3) is 3.19. The van der Waals surface area contributed by atoms with E-state index in [2.05, 4.69) is 17.9 Å². The Morgan fingerprint density at radius 3 is 2.85 bits per heavy atom. The highest BCUT2D eigenvalue weighted by Crippen LogP contribution is 2.18. The number of rotatable bonds is 2. The molecule has 13 heavy (non-hydrogen) atoms. The number of ether oxygens (including phenoxy) is 1. The van der Waals surface area contributed by atoms with Gasteiger partial charge in [0, 0.05) is 6.42 Å². The number of hydrogen-bond acceptors (Lipinski definition) is 3. The molecule has 1 saturated heterocycles. The summed E-state index contributed by atoms with van der Waals surface area (Å²) in [4.78, 5) is 11.3. The minimum Gasteiger partial charge on any atom is -0.453 e. The number of carbonyl (C=O) groups is 1. The van der Waals surface area contributed by atoms with Gasteiger partial charge in [0.1, 0.15) is 6.54 Å². The zero-order valence-corrected chi connectivity index (χ0v) is 9.14. The molecule has 1 heterocycles. The van der Waals surface area contributed by atoms with Crippen molar-refractivity contribution in [2.45, 2.75) is 37.5 Å². The van der Waals surface area contributed by atoms with Gasteiger partial charge in [-0.05, 0) is 20.3 Å². The van der Waals surface area contributed by atoms with Crippen molar-refractivity contribution in [1.29, 1.82) is 0 Å². The Hall–Kier alpha value is -0.220. The Kier molecular flexibility index (Phi) is 3.62. The maximum absolute atomic E-state index is 11.3. The van der Waals surface area contributed by atoms with Crippen molar-refractivity contribution in [1.82, 2.24) is 0 Å². The molecule has 1 aliphatic heterocycles. The van der Waals surface area contributed by atoms with Crippen molar-refractivity contribution >= 4 is 18.6 Å². The summed E-state index contributed by atoms with van der Waals surface area (Å²) in [6, 6.07) is 0. The smallest absolute Gasteiger partial charge is 0.319 e. The van der Waals surface area contributed by atoms with Crippen LogP contribution < -0.4 is 5.32 Å². The Morgan fingerprint density at radius 1 is 1.69 bits per heavy atom. The molecule has 0 saturated carbocycles. The van der Waals surface area contributed by atoms with Crippen LogP contribution in [0.25, 0.3) is 0 Å². The Balaban J connectivity index is 2.45. The summed E-state index contributed by atoms with van der Waals surface area (Å²) in [6.45, 7) is 5.75. The van der Waals surface area contributed by atoms with Crippen LogP contribution in [0.15, 0.2) is 0 Å². The molecule has 2 unspecified atom stereocenters. The quantitative estimate of drug-likeness (QED) is 0.490. The van der Waals surface area contributed by atoms with Crippen LogP contribution in [0.1, 0.15) is 26.7 Å². The van der Waals surface area contributed by atoms with Gasteiger partial charge in [0.05, 0.1) is 11.8 Å². The molecular weight excluding hydrogens is 186 g/mol. The Bertz CT molecular complexity index is 188. The number of nitrogens with two attached hydrogens (primary N) is 1. The van der Waals surface area contributed by atoms with E-state index in [0.29, 0.717) is 0 Å². The standard InChI is InChI=1S/C9H17NO2S/c1-7(13)8(11)12-9(2)4-3-5-10-6-9/h7,10,13H,3-6H2,1-2H3/p+1. The molecule has 1 aliphatic rings. The zero-order chi connectivity index (χ0) is 9.90. The first-order valence-electron chi connectivity index (χ1n) is 4.76. The van der Waals surface area contributed by atoms with Gasteiger partial charge in [-0.3, -0.25) is 4.79 Å². The van der Waals surface area contributed by atoms with Crippen LogP contribution in [-0.4, -0.2) is 29.9 Å². The maximum atomic E-state index is 11.3. The number of piperidine rings is 1.